The van der Waals surface area contributed by atoms with Crippen LogP contribution in [0.1, 0.15) is 139 Å². The molecule has 0 radical (unpaired) electrons. The fraction of sp³-hybridized carbons (Fsp3) is 0.579. The van der Waals surface area contributed by atoms with E-state index in [0.717, 1.165) is 149 Å². The maximum absolute atomic E-state index is 5.87. The van der Waals surface area contributed by atoms with Crippen molar-refractivity contribution in [2.45, 2.75) is 120 Å². The second kappa shape index (κ2) is 31.8. The molecule has 0 bridgehead atoms. The van der Waals surface area contributed by atoms with Crippen LogP contribution in [0.25, 0.3) is 0 Å². The van der Waals surface area contributed by atoms with Gasteiger partial charge in [0.1, 0.15) is 0 Å². The third kappa shape index (κ3) is 15.1. The van der Waals surface area contributed by atoms with E-state index in [2.05, 4.69) is 69.8 Å². The summed E-state index contributed by atoms with van der Waals surface area (Å²) >= 11 is 0. The van der Waals surface area contributed by atoms with E-state index in [1.807, 2.05) is 0 Å². The van der Waals surface area contributed by atoms with Gasteiger partial charge < -0.3 is 81.1 Å². The summed E-state index contributed by atoms with van der Waals surface area (Å²) in [5, 5.41) is 15.9. The molecule has 4 atom stereocenters. The third-order valence-corrected chi connectivity index (χ3v) is 17.0. The number of rotatable bonds is 20. The Morgan fingerprint density at radius 2 is 0.532 bits per heavy atom. The van der Waals surface area contributed by atoms with Gasteiger partial charge in [-0.3, -0.25) is 0 Å². The van der Waals surface area contributed by atoms with Gasteiger partial charge in [-0.25, -0.2) is 0 Å². The summed E-state index contributed by atoms with van der Waals surface area (Å²) in [6.45, 7) is 3.82. The van der Waals surface area contributed by atoms with Gasteiger partial charge in [0.2, 0.25) is 0 Å². The van der Waals surface area contributed by atoms with Crippen molar-refractivity contribution in [1.29, 1.82) is 0 Å². The van der Waals surface area contributed by atoms with E-state index < -0.39 is 0 Å². The average molecular weight is 1170 g/mol. The maximum atomic E-state index is 5.87. The van der Waals surface area contributed by atoms with Gasteiger partial charge in [-0.2, -0.15) is 0 Å². The predicted molar refractivity (Wildman–Crippen MR) is 315 cm³/mol. The Morgan fingerprint density at radius 3 is 0.727 bits per heavy atom. The normalized spacial score (nSPS) is 22.2. The van der Waals surface area contributed by atoms with E-state index >= 15 is 0 Å². The van der Waals surface area contributed by atoms with Crippen LogP contribution in [-0.4, -0.2) is 105 Å². The van der Waals surface area contributed by atoms with Crippen LogP contribution in [0.4, 0.5) is 0 Å². The zero-order chi connectivity index (χ0) is 48.1. The lowest BCUT2D eigenvalue weighted by molar-refractivity contribution is 0.147. The Hall–Kier alpha value is -3.88. The number of nitrogens with one attached hydrogen (secondary N) is 4. The first-order valence-corrected chi connectivity index (χ1v) is 25.6. The fourth-order valence-electron chi connectivity index (χ4n) is 13.3. The van der Waals surface area contributed by atoms with Crippen molar-refractivity contribution in [1.82, 2.24) is 21.3 Å². The zero-order valence-electron chi connectivity index (χ0n) is 46.3. The summed E-state index contributed by atoms with van der Waals surface area (Å²) in [7, 11) is 13.9. The van der Waals surface area contributed by atoms with Crippen molar-refractivity contribution in [3.63, 3.8) is 0 Å². The molecule has 1 saturated carbocycles. The summed E-state index contributed by atoms with van der Waals surface area (Å²) in [4.78, 5) is 0. The molecule has 0 aromatic heterocycles. The second-order valence-corrected chi connectivity index (χ2v) is 20.5. The molecular formula is C57H90Cl4N4O12. The van der Waals surface area contributed by atoms with Crippen molar-refractivity contribution < 1.29 is 59.8 Å². The quantitative estimate of drug-likeness (QED) is 0.0653. The molecule has 20 heteroatoms. The van der Waals surface area contributed by atoms with Gasteiger partial charge in [0.05, 0.1) is 56.9 Å². The van der Waals surface area contributed by atoms with Gasteiger partial charge in [0.15, 0.2) is 46.0 Å². The number of benzene rings is 4. The highest BCUT2D eigenvalue weighted by atomic mass is 35.5. The lowest BCUT2D eigenvalue weighted by atomic mass is 9.68. The molecule has 4 aromatic rings. The molecule has 16 nitrogen and oxygen atoms in total. The SMILES string of the molecule is COc1cc2c(cc1OC)C(CCC1(CCC3NCCc4cc(OC)c(OC)cc43)CCC(CCC3NCCc4cc(OC)c(OC)cc43)(CCC3NCCc4cc(OC)c(OC)cc43)C1)NCC2.Cl.Cl.Cl.Cl.O.O.O.O. The van der Waals surface area contributed by atoms with Crippen molar-refractivity contribution >= 4 is 49.6 Å². The minimum absolute atomic E-state index is 0. The van der Waals surface area contributed by atoms with E-state index in [1.165, 1.54) is 63.8 Å². The van der Waals surface area contributed by atoms with E-state index in [0.29, 0.717) is 0 Å². The van der Waals surface area contributed by atoms with Gasteiger partial charge >= 0.3 is 0 Å². The molecule has 1 aliphatic carbocycles. The van der Waals surface area contributed by atoms with Crippen LogP contribution in [-0.2, 0) is 25.7 Å². The molecule has 1 fully saturated rings. The lowest BCUT2D eigenvalue weighted by Gasteiger charge is -2.40. The van der Waals surface area contributed by atoms with Gasteiger partial charge in [0, 0.05) is 24.2 Å². The first kappa shape index (κ1) is 71.1. The first-order valence-electron chi connectivity index (χ1n) is 25.6. The second-order valence-electron chi connectivity index (χ2n) is 20.5. The number of ether oxygens (including phenoxy) is 8. The molecule has 4 aromatic carbocycles. The first-order chi connectivity index (χ1) is 33.7. The highest BCUT2D eigenvalue weighted by Crippen LogP contribution is 2.61. The van der Waals surface area contributed by atoms with Crippen molar-refractivity contribution in [2.75, 3.05) is 83.1 Å². The molecule has 4 aliphatic heterocycles. The van der Waals surface area contributed by atoms with E-state index in [-0.39, 0.29) is 107 Å². The van der Waals surface area contributed by atoms with Crippen LogP contribution < -0.4 is 59.2 Å². The Bertz CT molecular complexity index is 2140. The highest BCUT2D eigenvalue weighted by Gasteiger charge is 2.48. The van der Waals surface area contributed by atoms with Gasteiger partial charge in [-0.1, -0.05) is 0 Å². The molecule has 5 aliphatic rings. The van der Waals surface area contributed by atoms with Crippen LogP contribution >= 0.6 is 49.6 Å². The molecule has 4 unspecified atom stereocenters. The van der Waals surface area contributed by atoms with Gasteiger partial charge in [-0.05, 0) is 226 Å². The summed E-state index contributed by atoms with van der Waals surface area (Å²) in [5.74, 6) is 6.45. The summed E-state index contributed by atoms with van der Waals surface area (Å²) < 4.78 is 46.6. The molecule has 4 heterocycles. The van der Waals surface area contributed by atoms with Crippen LogP contribution in [0.2, 0.25) is 0 Å². The van der Waals surface area contributed by atoms with Crippen molar-refractivity contribution in [3.05, 3.63) is 93.0 Å². The fourth-order valence-corrected chi connectivity index (χ4v) is 13.3. The topological polar surface area (TPSA) is 248 Å². The molecule has 12 N–H and O–H groups in total. The number of hydrogen-bond acceptors (Lipinski definition) is 12. The van der Waals surface area contributed by atoms with Gasteiger partial charge in [0.25, 0.3) is 0 Å². The minimum Gasteiger partial charge on any atom is -0.493 e. The average Bonchev–Trinajstić information content (AvgIpc) is 3.77. The van der Waals surface area contributed by atoms with E-state index in [9.17, 15) is 0 Å². The smallest absolute Gasteiger partial charge is 0.161 e. The molecule has 0 amide bonds. The molecular weight excluding hydrogens is 1070 g/mol. The molecule has 0 saturated heterocycles. The minimum atomic E-state index is 0. The largest absolute Gasteiger partial charge is 0.493 e. The molecule has 0 spiro atoms. The van der Waals surface area contributed by atoms with Crippen LogP contribution in [0, 0.1) is 10.8 Å². The van der Waals surface area contributed by atoms with Crippen molar-refractivity contribution in [2.24, 2.45) is 10.8 Å². The summed E-state index contributed by atoms with van der Waals surface area (Å²) in [6.07, 6.45) is 16.4. The Balaban J connectivity index is 0.00000371. The maximum Gasteiger partial charge on any atom is 0.161 e. The highest BCUT2D eigenvalue weighted by molar-refractivity contribution is 5.86. The molecule has 77 heavy (non-hydrogen) atoms. The third-order valence-electron chi connectivity index (χ3n) is 17.0. The molecule has 438 valence electrons. The lowest BCUT2D eigenvalue weighted by Crippen LogP contribution is -2.34. The zero-order valence-corrected chi connectivity index (χ0v) is 49.5. The van der Waals surface area contributed by atoms with Crippen LogP contribution in [0.3, 0.4) is 0 Å². The van der Waals surface area contributed by atoms with E-state index in [4.69, 9.17) is 37.9 Å². The number of halogens is 4. The summed E-state index contributed by atoms with van der Waals surface area (Å²) in [6, 6.07) is 18.8. The Kier molecular flexibility index (Phi) is 29.4. The Morgan fingerprint density at radius 1 is 0.338 bits per heavy atom. The summed E-state index contributed by atoms with van der Waals surface area (Å²) in [5.41, 5.74) is 11.2. The monoisotopic (exact) mass is 1160 g/mol. The van der Waals surface area contributed by atoms with Crippen molar-refractivity contribution in [3.8, 4) is 46.0 Å². The Labute approximate surface area is 481 Å². The standard InChI is InChI=1S/C57H78N4O8.4ClH.4H2O/c1-62-48-27-36-13-23-58-44(40(36)31-52(48)66-5)9-17-56(18-10-45-41-32-53(67-6)49(63-2)28-37(41)14-24-59-45)21-22-57(35-56,19-11-46-42-33-54(68-7)50(64-3)29-38(42)15-25-60-46)20-12-47-43-34-55(69-8)51(65-4)30-39(43)16-26-61-47;;;;;;;;/h27-34,44-47,58-61H,9-26,35H2,1-8H3;4*1H;4*1H2. The number of hydrogen-bond donors (Lipinski definition) is 4. The number of fused-ring (bicyclic) bond motifs is 4. The number of methoxy groups -OCH3 is 8. The molecule has 9 rings (SSSR count). The van der Waals surface area contributed by atoms with Gasteiger partial charge in [-0.15, -0.1) is 49.6 Å². The van der Waals surface area contributed by atoms with E-state index in [1.54, 1.807) is 56.9 Å². The van der Waals surface area contributed by atoms with Crippen LogP contribution in [0.15, 0.2) is 48.5 Å². The predicted octanol–water partition coefficient (Wildman–Crippen LogP) is 8.27. The van der Waals surface area contributed by atoms with Crippen LogP contribution in [0.5, 0.6) is 46.0 Å².